The van der Waals surface area contributed by atoms with E-state index in [1.807, 2.05) is 28.7 Å². The molecule has 138 valence electrons. The van der Waals surface area contributed by atoms with Crippen LogP contribution in [0.1, 0.15) is 25.0 Å². The minimum Gasteiger partial charge on any atom is -0.276 e. The van der Waals surface area contributed by atoms with Crippen molar-refractivity contribution >= 4 is 28.4 Å². The summed E-state index contributed by atoms with van der Waals surface area (Å²) in [6, 6.07) is 16.2. The Kier molecular flexibility index (Phi) is 4.74. The molecule has 0 saturated carbocycles. The van der Waals surface area contributed by atoms with Gasteiger partial charge in [-0.3, -0.25) is 13.8 Å². The molecule has 0 N–H and O–H groups in total. The van der Waals surface area contributed by atoms with E-state index < -0.39 is 0 Å². The Hall–Kier alpha value is -2.60. The lowest BCUT2D eigenvalue weighted by atomic mass is 10.2. The maximum Gasteiger partial charge on any atom is 0.262 e. The van der Waals surface area contributed by atoms with Crippen LogP contribution in [0, 0.1) is 12.8 Å². The lowest BCUT2D eigenvalue weighted by Gasteiger charge is -2.12. The molecule has 0 aliphatic rings. The van der Waals surface area contributed by atoms with Crippen molar-refractivity contribution in [1.82, 2.24) is 19.2 Å². The number of rotatable bonds is 5. The predicted octanol–water partition coefficient (Wildman–Crippen LogP) is 4.30. The third-order valence-corrected chi connectivity index (χ3v) is 5.48. The zero-order valence-electron chi connectivity index (χ0n) is 15.7. The minimum atomic E-state index is -0.00515. The summed E-state index contributed by atoms with van der Waals surface area (Å²) in [6.07, 6.45) is 0. The molecule has 5 nitrogen and oxygen atoms in total. The minimum absolute atomic E-state index is 0.00515. The first-order valence-electron chi connectivity index (χ1n) is 9.09. The molecule has 0 fully saturated rings. The molecular formula is C21H22N4OS. The summed E-state index contributed by atoms with van der Waals surface area (Å²) < 4.78 is 3.76. The van der Waals surface area contributed by atoms with E-state index in [2.05, 4.69) is 55.2 Å². The first-order valence-corrected chi connectivity index (χ1v) is 10.1. The van der Waals surface area contributed by atoms with Gasteiger partial charge in [-0.2, -0.15) is 0 Å². The summed E-state index contributed by atoms with van der Waals surface area (Å²) >= 11 is 1.64. The van der Waals surface area contributed by atoms with Crippen molar-refractivity contribution in [1.29, 1.82) is 0 Å². The fourth-order valence-corrected chi connectivity index (χ4v) is 4.19. The van der Waals surface area contributed by atoms with Crippen LogP contribution in [-0.2, 0) is 12.3 Å². The van der Waals surface area contributed by atoms with Gasteiger partial charge >= 0.3 is 0 Å². The normalized spacial score (nSPS) is 11.7. The number of aromatic nitrogens is 4. The Balaban J connectivity index is 1.85. The summed E-state index contributed by atoms with van der Waals surface area (Å²) in [4.78, 5) is 13.0. The lowest BCUT2D eigenvalue weighted by Crippen LogP contribution is -2.25. The second-order valence-electron chi connectivity index (χ2n) is 7.22. The maximum absolute atomic E-state index is 13.0. The van der Waals surface area contributed by atoms with E-state index in [4.69, 9.17) is 0 Å². The first kappa shape index (κ1) is 17.8. The molecule has 2 heterocycles. The second kappa shape index (κ2) is 7.19. The molecule has 0 aliphatic carbocycles. The molecular weight excluding hydrogens is 356 g/mol. The maximum atomic E-state index is 13.0. The highest BCUT2D eigenvalue weighted by Crippen LogP contribution is 2.25. The SMILES string of the molecule is Cc1cccc(CSc2nnc3n(CC(C)C)c(=O)c4ccccc4n23)c1. The van der Waals surface area contributed by atoms with E-state index in [-0.39, 0.29) is 5.56 Å². The highest BCUT2D eigenvalue weighted by Gasteiger charge is 2.17. The Morgan fingerprint density at radius 1 is 1.07 bits per heavy atom. The van der Waals surface area contributed by atoms with E-state index in [0.29, 0.717) is 23.6 Å². The van der Waals surface area contributed by atoms with Crippen molar-refractivity contribution < 1.29 is 0 Å². The Morgan fingerprint density at radius 3 is 2.67 bits per heavy atom. The van der Waals surface area contributed by atoms with E-state index in [1.165, 1.54) is 11.1 Å². The van der Waals surface area contributed by atoms with Crippen LogP contribution in [0.25, 0.3) is 16.7 Å². The molecule has 0 unspecified atom stereocenters. The van der Waals surface area contributed by atoms with Crippen LogP contribution in [0.15, 0.2) is 58.5 Å². The summed E-state index contributed by atoms with van der Waals surface area (Å²) in [5, 5.41) is 10.3. The molecule has 4 rings (SSSR count). The Morgan fingerprint density at radius 2 is 1.89 bits per heavy atom. The predicted molar refractivity (Wildman–Crippen MR) is 110 cm³/mol. The van der Waals surface area contributed by atoms with Crippen molar-refractivity contribution in [3.05, 3.63) is 70.0 Å². The van der Waals surface area contributed by atoms with Gasteiger partial charge in [-0.1, -0.05) is 67.6 Å². The largest absolute Gasteiger partial charge is 0.276 e. The molecule has 0 atom stereocenters. The molecule has 4 aromatic rings. The smallest absolute Gasteiger partial charge is 0.262 e. The molecule has 0 radical (unpaired) electrons. The van der Waals surface area contributed by atoms with Gasteiger partial charge in [-0.05, 0) is 30.5 Å². The quantitative estimate of drug-likeness (QED) is 0.486. The molecule has 0 bridgehead atoms. The third kappa shape index (κ3) is 3.37. The molecule has 0 saturated heterocycles. The molecule has 2 aromatic heterocycles. The molecule has 0 aliphatic heterocycles. The number of fused-ring (bicyclic) bond motifs is 3. The number of benzene rings is 2. The zero-order valence-corrected chi connectivity index (χ0v) is 16.5. The Bertz CT molecular complexity index is 1180. The van der Waals surface area contributed by atoms with E-state index >= 15 is 0 Å². The van der Waals surface area contributed by atoms with Gasteiger partial charge in [0.2, 0.25) is 5.78 Å². The highest BCUT2D eigenvalue weighted by molar-refractivity contribution is 7.98. The van der Waals surface area contributed by atoms with Crippen molar-refractivity contribution in [3.63, 3.8) is 0 Å². The monoisotopic (exact) mass is 378 g/mol. The highest BCUT2D eigenvalue weighted by atomic mass is 32.2. The van der Waals surface area contributed by atoms with Crippen LogP contribution >= 0.6 is 11.8 Å². The lowest BCUT2D eigenvalue weighted by molar-refractivity contribution is 0.517. The molecule has 6 heteroatoms. The molecule has 0 spiro atoms. The third-order valence-electron chi connectivity index (χ3n) is 4.48. The van der Waals surface area contributed by atoms with Crippen LogP contribution in [-0.4, -0.2) is 19.2 Å². The van der Waals surface area contributed by atoms with Crippen LogP contribution < -0.4 is 5.56 Å². The summed E-state index contributed by atoms with van der Waals surface area (Å²) in [5.41, 5.74) is 3.34. The average Bonchev–Trinajstić information content (AvgIpc) is 3.07. The van der Waals surface area contributed by atoms with E-state index in [1.54, 1.807) is 16.3 Å². The van der Waals surface area contributed by atoms with Gasteiger partial charge in [0, 0.05) is 12.3 Å². The summed E-state index contributed by atoms with van der Waals surface area (Å²) in [6.45, 7) is 6.91. The van der Waals surface area contributed by atoms with Gasteiger partial charge in [-0.25, -0.2) is 0 Å². The molecule has 0 amide bonds. The van der Waals surface area contributed by atoms with Crippen molar-refractivity contribution in [3.8, 4) is 0 Å². The number of thioether (sulfide) groups is 1. The fraction of sp³-hybridized carbons (Fsp3) is 0.286. The number of nitrogens with zero attached hydrogens (tertiary/aromatic N) is 4. The Labute approximate surface area is 162 Å². The van der Waals surface area contributed by atoms with Crippen molar-refractivity contribution in [2.45, 2.75) is 38.2 Å². The van der Waals surface area contributed by atoms with Crippen molar-refractivity contribution in [2.24, 2.45) is 5.92 Å². The van der Waals surface area contributed by atoms with Gasteiger partial charge in [0.15, 0.2) is 5.16 Å². The standard InChI is InChI=1S/C21H22N4OS/c1-14(2)12-24-19(26)17-9-4-5-10-18(17)25-20(24)22-23-21(25)27-13-16-8-6-7-15(3)11-16/h4-11,14H,12-13H2,1-3H3. The molecule has 27 heavy (non-hydrogen) atoms. The van der Waals surface area contributed by atoms with E-state index in [0.717, 1.165) is 16.4 Å². The van der Waals surface area contributed by atoms with Crippen LogP contribution in [0.2, 0.25) is 0 Å². The van der Waals surface area contributed by atoms with Gasteiger partial charge in [0.05, 0.1) is 10.9 Å². The second-order valence-corrected chi connectivity index (χ2v) is 8.16. The van der Waals surface area contributed by atoms with Crippen LogP contribution in [0.5, 0.6) is 0 Å². The van der Waals surface area contributed by atoms with Crippen LogP contribution in [0.3, 0.4) is 0 Å². The zero-order chi connectivity index (χ0) is 19.0. The number of hydrogen-bond donors (Lipinski definition) is 0. The topological polar surface area (TPSA) is 52.2 Å². The van der Waals surface area contributed by atoms with Gasteiger partial charge in [0.1, 0.15) is 0 Å². The van der Waals surface area contributed by atoms with Gasteiger partial charge < -0.3 is 0 Å². The number of hydrogen-bond acceptors (Lipinski definition) is 4. The van der Waals surface area contributed by atoms with Crippen molar-refractivity contribution in [2.75, 3.05) is 0 Å². The summed E-state index contributed by atoms with van der Waals surface area (Å²) in [5.74, 6) is 1.76. The van der Waals surface area contributed by atoms with E-state index in [9.17, 15) is 4.79 Å². The fourth-order valence-electron chi connectivity index (χ4n) is 3.31. The average molecular weight is 379 g/mol. The number of aryl methyl sites for hydroxylation is 1. The first-order chi connectivity index (χ1) is 13.0. The summed E-state index contributed by atoms with van der Waals surface area (Å²) in [7, 11) is 0. The van der Waals surface area contributed by atoms with Gasteiger partial charge in [0.25, 0.3) is 5.56 Å². The van der Waals surface area contributed by atoms with Crippen LogP contribution in [0.4, 0.5) is 0 Å². The number of para-hydroxylation sites is 1. The van der Waals surface area contributed by atoms with Gasteiger partial charge in [-0.15, -0.1) is 10.2 Å². The molecule has 2 aromatic carbocycles.